The van der Waals surface area contributed by atoms with Crippen LogP contribution in [-0.4, -0.2) is 24.5 Å². The van der Waals surface area contributed by atoms with Crippen molar-refractivity contribution >= 4 is 0 Å². The van der Waals surface area contributed by atoms with Gasteiger partial charge < -0.3 is 0 Å². The topological polar surface area (TPSA) is 27.0 Å². The molecule has 0 bridgehead atoms. The van der Waals surface area contributed by atoms with Gasteiger partial charge in [0.25, 0.3) is 0 Å². The van der Waals surface area contributed by atoms with E-state index in [4.69, 9.17) is 5.26 Å². The summed E-state index contributed by atoms with van der Waals surface area (Å²) in [5, 5.41) is 8.83. The van der Waals surface area contributed by atoms with Crippen molar-refractivity contribution in [1.82, 2.24) is 4.90 Å². The van der Waals surface area contributed by atoms with Crippen molar-refractivity contribution in [2.45, 2.75) is 25.3 Å². The number of hydrogen-bond acceptors (Lipinski definition) is 2. The van der Waals surface area contributed by atoms with E-state index in [0.717, 1.165) is 18.8 Å². The zero-order valence-electron chi connectivity index (χ0n) is 6.89. The molecule has 0 radical (unpaired) electrons. The van der Waals surface area contributed by atoms with Gasteiger partial charge in [-0.1, -0.05) is 6.92 Å². The summed E-state index contributed by atoms with van der Waals surface area (Å²) in [4.78, 5) is 2.03. The van der Waals surface area contributed by atoms with E-state index in [-0.39, 0.29) is 5.54 Å². The largest absolute Gasteiger partial charge is 0.292 e. The molecule has 2 heteroatoms. The van der Waals surface area contributed by atoms with Crippen LogP contribution in [0, 0.1) is 17.2 Å². The van der Waals surface area contributed by atoms with Crippen LogP contribution in [0.3, 0.4) is 0 Å². The maximum Gasteiger partial charge on any atom is 0.109 e. The van der Waals surface area contributed by atoms with Gasteiger partial charge in [-0.15, -0.1) is 0 Å². The molecule has 1 fully saturated rings. The van der Waals surface area contributed by atoms with Crippen molar-refractivity contribution in [1.29, 1.82) is 5.26 Å². The Balaban J connectivity index is 2.59. The molecule has 1 aliphatic carbocycles. The zero-order valence-corrected chi connectivity index (χ0v) is 6.89. The molecule has 0 aliphatic heterocycles. The van der Waals surface area contributed by atoms with Gasteiger partial charge in [0.15, 0.2) is 0 Å². The summed E-state index contributed by atoms with van der Waals surface area (Å²) < 4.78 is 0. The third kappa shape index (κ3) is 0.911. The highest BCUT2D eigenvalue weighted by atomic mass is 15.2. The first-order valence-corrected chi connectivity index (χ1v) is 3.69. The van der Waals surface area contributed by atoms with Crippen LogP contribution >= 0.6 is 0 Å². The van der Waals surface area contributed by atoms with Crippen LogP contribution in [-0.2, 0) is 0 Å². The minimum Gasteiger partial charge on any atom is -0.292 e. The van der Waals surface area contributed by atoms with E-state index in [1.54, 1.807) is 0 Å². The zero-order chi connectivity index (χ0) is 7.78. The Hall–Kier alpha value is -0.550. The van der Waals surface area contributed by atoms with Crippen molar-refractivity contribution in [3.63, 3.8) is 0 Å². The molecular formula is C8H14N2. The fraction of sp³-hybridized carbons (Fsp3) is 0.875. The van der Waals surface area contributed by atoms with Gasteiger partial charge in [0.2, 0.25) is 0 Å². The van der Waals surface area contributed by atoms with Crippen LogP contribution in [0.1, 0.15) is 19.8 Å². The van der Waals surface area contributed by atoms with Crippen LogP contribution in [0.15, 0.2) is 0 Å². The highest BCUT2D eigenvalue weighted by molar-refractivity contribution is 5.14. The normalized spacial score (nSPS) is 38.9. The number of nitrogens with zero attached hydrogens (tertiary/aromatic N) is 2. The molecular weight excluding hydrogens is 124 g/mol. The molecule has 10 heavy (non-hydrogen) atoms. The lowest BCUT2D eigenvalue weighted by atomic mass is 9.69. The molecule has 0 saturated heterocycles. The number of nitriles is 1. The molecule has 0 unspecified atom stereocenters. The second-order valence-corrected chi connectivity index (χ2v) is 3.55. The monoisotopic (exact) mass is 138 g/mol. The molecule has 1 rings (SSSR count). The lowest BCUT2D eigenvalue weighted by Gasteiger charge is -2.45. The number of rotatable bonds is 1. The molecule has 2 nitrogen and oxygen atoms in total. The van der Waals surface area contributed by atoms with Gasteiger partial charge in [0, 0.05) is 0 Å². The summed E-state index contributed by atoms with van der Waals surface area (Å²) in [6.45, 7) is 2.19. The fourth-order valence-corrected chi connectivity index (χ4v) is 1.65. The average molecular weight is 138 g/mol. The van der Waals surface area contributed by atoms with Crippen LogP contribution < -0.4 is 0 Å². The molecule has 1 aliphatic rings. The maximum absolute atomic E-state index is 8.83. The maximum atomic E-state index is 8.83. The smallest absolute Gasteiger partial charge is 0.109 e. The third-order valence-electron chi connectivity index (χ3n) is 2.44. The van der Waals surface area contributed by atoms with Gasteiger partial charge in [-0.25, -0.2) is 0 Å². The molecule has 1 saturated carbocycles. The van der Waals surface area contributed by atoms with Crippen molar-refractivity contribution in [2.75, 3.05) is 14.1 Å². The minimum absolute atomic E-state index is 0.126. The van der Waals surface area contributed by atoms with Crippen LogP contribution in [0.25, 0.3) is 0 Å². The predicted octanol–water partition coefficient (Wildman–Crippen LogP) is 1.24. The van der Waals surface area contributed by atoms with E-state index in [1.807, 2.05) is 19.0 Å². The Kier molecular flexibility index (Phi) is 1.70. The first-order valence-electron chi connectivity index (χ1n) is 3.69. The molecule has 0 heterocycles. The molecule has 0 spiro atoms. The Morgan fingerprint density at radius 3 is 2.10 bits per heavy atom. The van der Waals surface area contributed by atoms with Gasteiger partial charge in [-0.05, 0) is 32.9 Å². The molecule has 56 valence electrons. The SMILES string of the molecule is CC1CC(C#N)(N(C)C)C1. The summed E-state index contributed by atoms with van der Waals surface area (Å²) in [6, 6.07) is 2.37. The van der Waals surface area contributed by atoms with E-state index in [1.165, 1.54) is 0 Å². The molecule has 0 atom stereocenters. The number of hydrogen-bond donors (Lipinski definition) is 0. The Morgan fingerprint density at radius 2 is 2.00 bits per heavy atom. The van der Waals surface area contributed by atoms with E-state index in [2.05, 4.69) is 13.0 Å². The Labute approximate surface area is 62.4 Å². The van der Waals surface area contributed by atoms with Gasteiger partial charge in [-0.2, -0.15) is 5.26 Å². The van der Waals surface area contributed by atoms with Gasteiger partial charge in [-0.3, -0.25) is 4.90 Å². The lowest BCUT2D eigenvalue weighted by Crippen LogP contribution is -2.52. The van der Waals surface area contributed by atoms with Crippen molar-refractivity contribution in [2.24, 2.45) is 5.92 Å². The second-order valence-electron chi connectivity index (χ2n) is 3.55. The minimum atomic E-state index is -0.126. The molecule has 0 aromatic carbocycles. The molecule has 0 amide bonds. The van der Waals surface area contributed by atoms with Gasteiger partial charge >= 0.3 is 0 Å². The van der Waals surface area contributed by atoms with Crippen molar-refractivity contribution in [3.05, 3.63) is 0 Å². The molecule has 0 aromatic rings. The van der Waals surface area contributed by atoms with Gasteiger partial charge in [0.05, 0.1) is 6.07 Å². The van der Waals surface area contributed by atoms with Crippen molar-refractivity contribution < 1.29 is 0 Å². The highest BCUT2D eigenvalue weighted by Crippen LogP contribution is 2.40. The summed E-state index contributed by atoms with van der Waals surface area (Å²) in [6.07, 6.45) is 2.08. The standard InChI is InChI=1S/C8H14N2/c1-7-4-8(5-7,6-9)10(2)3/h7H,4-5H2,1-3H3. The average Bonchev–Trinajstić information content (AvgIpc) is 1.79. The lowest BCUT2D eigenvalue weighted by molar-refractivity contribution is 0.0682. The van der Waals surface area contributed by atoms with Crippen LogP contribution in [0.4, 0.5) is 0 Å². The summed E-state index contributed by atoms with van der Waals surface area (Å²) in [5.41, 5.74) is -0.126. The van der Waals surface area contributed by atoms with E-state index >= 15 is 0 Å². The molecule has 0 N–H and O–H groups in total. The predicted molar refractivity (Wildman–Crippen MR) is 40.4 cm³/mol. The van der Waals surface area contributed by atoms with Gasteiger partial charge in [0.1, 0.15) is 5.54 Å². The van der Waals surface area contributed by atoms with E-state index < -0.39 is 0 Å². The quantitative estimate of drug-likeness (QED) is 0.545. The first-order chi connectivity index (χ1) is 4.60. The van der Waals surface area contributed by atoms with E-state index in [0.29, 0.717) is 0 Å². The summed E-state index contributed by atoms with van der Waals surface area (Å²) in [7, 11) is 3.96. The summed E-state index contributed by atoms with van der Waals surface area (Å²) >= 11 is 0. The second kappa shape index (κ2) is 2.25. The Bertz CT molecular complexity index is 161. The first kappa shape index (κ1) is 7.56. The van der Waals surface area contributed by atoms with E-state index in [9.17, 15) is 0 Å². The summed E-state index contributed by atoms with van der Waals surface area (Å²) in [5.74, 6) is 0.738. The van der Waals surface area contributed by atoms with Crippen molar-refractivity contribution in [3.8, 4) is 6.07 Å². The Morgan fingerprint density at radius 1 is 1.50 bits per heavy atom. The highest BCUT2D eigenvalue weighted by Gasteiger charge is 2.44. The fourth-order valence-electron chi connectivity index (χ4n) is 1.65. The molecule has 0 aromatic heterocycles. The van der Waals surface area contributed by atoms with Crippen LogP contribution in [0.5, 0.6) is 0 Å². The van der Waals surface area contributed by atoms with Crippen LogP contribution in [0.2, 0.25) is 0 Å². The third-order valence-corrected chi connectivity index (χ3v) is 2.44.